The van der Waals surface area contributed by atoms with E-state index in [9.17, 15) is 4.79 Å². The lowest BCUT2D eigenvalue weighted by atomic mass is 10.1. The van der Waals surface area contributed by atoms with Gasteiger partial charge in [0.1, 0.15) is 5.75 Å². The summed E-state index contributed by atoms with van der Waals surface area (Å²) in [7, 11) is 3.49. The first-order valence-corrected chi connectivity index (χ1v) is 6.58. The van der Waals surface area contributed by atoms with Crippen LogP contribution in [-0.4, -0.2) is 31.9 Å². The first-order valence-electron chi connectivity index (χ1n) is 5.46. The van der Waals surface area contributed by atoms with Crippen molar-refractivity contribution in [2.45, 2.75) is 6.42 Å². The standard InChI is InChI=1S/C12H15BrN2O2/c1-14-9-6-10-8(5-11(9)17-2)3-4-15(10)12(16)7-13/h5-6,14H,3-4,7H2,1-2H3. The van der Waals surface area contributed by atoms with Crippen LogP contribution in [0.15, 0.2) is 12.1 Å². The normalized spacial score (nSPS) is 13.5. The van der Waals surface area contributed by atoms with E-state index in [1.165, 1.54) is 0 Å². The number of ether oxygens (including phenoxy) is 1. The number of halogens is 1. The molecule has 0 saturated heterocycles. The minimum absolute atomic E-state index is 0.0935. The van der Waals surface area contributed by atoms with Gasteiger partial charge in [0.05, 0.1) is 18.1 Å². The molecule has 0 fully saturated rings. The molecule has 0 radical (unpaired) electrons. The maximum absolute atomic E-state index is 11.8. The van der Waals surface area contributed by atoms with Gasteiger partial charge in [0, 0.05) is 19.3 Å². The van der Waals surface area contributed by atoms with E-state index in [4.69, 9.17) is 4.74 Å². The number of amides is 1. The Morgan fingerprint density at radius 2 is 2.35 bits per heavy atom. The molecule has 0 aliphatic carbocycles. The highest BCUT2D eigenvalue weighted by atomic mass is 79.9. The van der Waals surface area contributed by atoms with Gasteiger partial charge >= 0.3 is 0 Å². The van der Waals surface area contributed by atoms with Gasteiger partial charge in [-0.25, -0.2) is 0 Å². The number of anilines is 2. The molecule has 5 heteroatoms. The molecule has 0 saturated carbocycles. The topological polar surface area (TPSA) is 41.6 Å². The van der Waals surface area contributed by atoms with Crippen molar-refractivity contribution >= 4 is 33.2 Å². The smallest absolute Gasteiger partial charge is 0.237 e. The number of hydrogen-bond donors (Lipinski definition) is 1. The fourth-order valence-electron chi connectivity index (χ4n) is 2.11. The van der Waals surface area contributed by atoms with Crippen LogP contribution in [0, 0.1) is 0 Å². The quantitative estimate of drug-likeness (QED) is 0.868. The molecule has 4 nitrogen and oxygen atoms in total. The average molecular weight is 299 g/mol. The van der Waals surface area contributed by atoms with Crippen LogP contribution < -0.4 is 15.0 Å². The number of benzene rings is 1. The predicted octanol–water partition coefficient (Wildman–Crippen LogP) is 2.02. The molecule has 0 unspecified atom stereocenters. The molecule has 1 N–H and O–H groups in total. The van der Waals surface area contributed by atoms with Gasteiger partial charge in [-0.2, -0.15) is 0 Å². The first kappa shape index (κ1) is 12.2. The summed E-state index contributed by atoms with van der Waals surface area (Å²) < 4.78 is 5.31. The van der Waals surface area contributed by atoms with E-state index in [0.29, 0.717) is 5.33 Å². The van der Waals surface area contributed by atoms with Gasteiger partial charge in [0.25, 0.3) is 0 Å². The minimum atomic E-state index is 0.0935. The van der Waals surface area contributed by atoms with Gasteiger partial charge in [-0.1, -0.05) is 15.9 Å². The summed E-state index contributed by atoms with van der Waals surface area (Å²) in [5.74, 6) is 0.912. The van der Waals surface area contributed by atoms with Crippen molar-refractivity contribution in [3.05, 3.63) is 17.7 Å². The summed E-state index contributed by atoms with van der Waals surface area (Å²) >= 11 is 3.21. The third kappa shape index (κ3) is 2.11. The molecule has 1 aromatic rings. The van der Waals surface area contributed by atoms with E-state index in [2.05, 4.69) is 21.2 Å². The van der Waals surface area contributed by atoms with Crippen molar-refractivity contribution in [2.75, 3.05) is 36.2 Å². The molecule has 0 atom stereocenters. The van der Waals surface area contributed by atoms with Crippen LogP contribution in [0.1, 0.15) is 5.56 Å². The average Bonchev–Trinajstić information content (AvgIpc) is 2.78. The Labute approximate surface area is 109 Å². The van der Waals surface area contributed by atoms with Crippen molar-refractivity contribution in [3.8, 4) is 5.75 Å². The first-order chi connectivity index (χ1) is 8.21. The van der Waals surface area contributed by atoms with Crippen LogP contribution in [0.25, 0.3) is 0 Å². The molecule has 1 aliphatic heterocycles. The predicted molar refractivity (Wildman–Crippen MR) is 72.4 cm³/mol. The molecule has 1 amide bonds. The molecule has 17 heavy (non-hydrogen) atoms. The summed E-state index contributed by atoms with van der Waals surface area (Å²) in [5.41, 5.74) is 3.05. The zero-order chi connectivity index (χ0) is 12.4. The molecule has 1 aromatic carbocycles. The molecule has 1 heterocycles. The lowest BCUT2D eigenvalue weighted by Gasteiger charge is -2.18. The van der Waals surface area contributed by atoms with Gasteiger partial charge in [-0.3, -0.25) is 4.79 Å². The molecule has 2 rings (SSSR count). The number of rotatable bonds is 3. The van der Waals surface area contributed by atoms with Crippen LogP contribution in [-0.2, 0) is 11.2 Å². The number of alkyl halides is 1. The molecular formula is C12H15BrN2O2. The summed E-state index contributed by atoms with van der Waals surface area (Å²) in [5, 5.41) is 3.43. The summed E-state index contributed by atoms with van der Waals surface area (Å²) in [6.45, 7) is 0.746. The van der Waals surface area contributed by atoms with Gasteiger partial charge in [-0.15, -0.1) is 0 Å². The van der Waals surface area contributed by atoms with Crippen molar-refractivity contribution in [1.29, 1.82) is 0 Å². The van der Waals surface area contributed by atoms with E-state index < -0.39 is 0 Å². The van der Waals surface area contributed by atoms with E-state index in [1.54, 1.807) is 7.11 Å². The monoisotopic (exact) mass is 298 g/mol. The Morgan fingerprint density at radius 3 is 2.94 bits per heavy atom. The number of nitrogens with zero attached hydrogens (tertiary/aromatic N) is 1. The summed E-state index contributed by atoms with van der Waals surface area (Å²) in [4.78, 5) is 13.6. The number of carbonyl (C=O) groups is 1. The highest BCUT2D eigenvalue weighted by Gasteiger charge is 2.25. The molecule has 92 valence electrons. The van der Waals surface area contributed by atoms with E-state index in [0.717, 1.165) is 35.7 Å². The fraction of sp³-hybridized carbons (Fsp3) is 0.417. The van der Waals surface area contributed by atoms with Gasteiger partial charge in [-0.05, 0) is 24.1 Å². The number of carbonyl (C=O) groups excluding carboxylic acids is 1. The summed E-state index contributed by atoms with van der Waals surface area (Å²) in [6, 6.07) is 3.98. The Balaban J connectivity index is 2.42. The van der Waals surface area contributed by atoms with Gasteiger partial charge in [0.2, 0.25) is 5.91 Å². The number of nitrogens with one attached hydrogen (secondary N) is 1. The molecule has 0 bridgehead atoms. The van der Waals surface area contributed by atoms with E-state index >= 15 is 0 Å². The second-order valence-corrected chi connectivity index (χ2v) is 4.42. The second-order valence-electron chi connectivity index (χ2n) is 3.86. The second kappa shape index (κ2) is 4.96. The van der Waals surface area contributed by atoms with Crippen LogP contribution in [0.2, 0.25) is 0 Å². The van der Waals surface area contributed by atoms with E-state index in [1.807, 2.05) is 24.1 Å². The Kier molecular flexibility index (Phi) is 3.57. The minimum Gasteiger partial charge on any atom is -0.495 e. The van der Waals surface area contributed by atoms with Gasteiger partial charge < -0.3 is 15.0 Å². The van der Waals surface area contributed by atoms with Crippen LogP contribution in [0.5, 0.6) is 5.75 Å². The number of fused-ring (bicyclic) bond motifs is 1. The largest absolute Gasteiger partial charge is 0.495 e. The third-order valence-electron chi connectivity index (χ3n) is 2.98. The lowest BCUT2D eigenvalue weighted by molar-refractivity contribution is -0.116. The molecular weight excluding hydrogens is 284 g/mol. The van der Waals surface area contributed by atoms with Crippen molar-refractivity contribution < 1.29 is 9.53 Å². The number of methoxy groups -OCH3 is 1. The van der Waals surface area contributed by atoms with Crippen molar-refractivity contribution in [1.82, 2.24) is 0 Å². The molecule has 0 spiro atoms. The fourth-order valence-corrected chi connectivity index (χ4v) is 2.41. The SMILES string of the molecule is CNc1cc2c(cc1OC)CCN2C(=O)CBr. The van der Waals surface area contributed by atoms with Crippen LogP contribution in [0.3, 0.4) is 0 Å². The number of hydrogen-bond acceptors (Lipinski definition) is 3. The Bertz CT molecular complexity index is 448. The van der Waals surface area contributed by atoms with Crippen LogP contribution in [0.4, 0.5) is 11.4 Å². The Hall–Kier alpha value is -1.23. The van der Waals surface area contributed by atoms with Crippen molar-refractivity contribution in [2.24, 2.45) is 0 Å². The molecule has 0 aromatic heterocycles. The molecule has 1 aliphatic rings. The zero-order valence-corrected chi connectivity index (χ0v) is 11.5. The van der Waals surface area contributed by atoms with Gasteiger partial charge in [0.15, 0.2) is 0 Å². The lowest BCUT2D eigenvalue weighted by Crippen LogP contribution is -2.29. The third-order valence-corrected chi connectivity index (χ3v) is 3.46. The maximum Gasteiger partial charge on any atom is 0.237 e. The Morgan fingerprint density at radius 1 is 1.59 bits per heavy atom. The van der Waals surface area contributed by atoms with Crippen molar-refractivity contribution in [3.63, 3.8) is 0 Å². The van der Waals surface area contributed by atoms with Crippen LogP contribution >= 0.6 is 15.9 Å². The van der Waals surface area contributed by atoms with E-state index in [-0.39, 0.29) is 5.91 Å². The maximum atomic E-state index is 11.8. The highest BCUT2D eigenvalue weighted by Crippen LogP contribution is 2.37. The summed E-state index contributed by atoms with van der Waals surface area (Å²) in [6.07, 6.45) is 0.883. The highest BCUT2D eigenvalue weighted by molar-refractivity contribution is 9.09. The zero-order valence-electron chi connectivity index (χ0n) is 9.92.